The molecule has 0 atom stereocenters. The van der Waals surface area contributed by atoms with Gasteiger partial charge in [0.25, 0.3) is 5.69 Å². The summed E-state index contributed by atoms with van der Waals surface area (Å²) < 4.78 is 4.26. The molecule has 0 unspecified atom stereocenters. The number of azo groups is 1. The maximum atomic E-state index is 11.0. The van der Waals surface area contributed by atoms with Gasteiger partial charge >= 0.3 is 0 Å². The molecule has 28 heavy (non-hydrogen) atoms. The molecular formula is C19H18N6O2S. The summed E-state index contributed by atoms with van der Waals surface area (Å²) in [5.41, 5.74) is 3.37. The van der Waals surface area contributed by atoms with Crippen molar-refractivity contribution in [3.63, 3.8) is 0 Å². The van der Waals surface area contributed by atoms with Crippen LogP contribution in [-0.4, -0.2) is 22.4 Å². The van der Waals surface area contributed by atoms with Crippen LogP contribution in [0.5, 0.6) is 0 Å². The Hall–Kier alpha value is -3.38. The molecular weight excluding hydrogens is 376 g/mol. The highest BCUT2D eigenvalue weighted by atomic mass is 32.1. The fourth-order valence-corrected chi connectivity index (χ4v) is 3.49. The number of benzene rings is 2. The van der Waals surface area contributed by atoms with Gasteiger partial charge in [0.1, 0.15) is 0 Å². The Labute approximate surface area is 166 Å². The van der Waals surface area contributed by atoms with Crippen molar-refractivity contribution in [2.75, 3.05) is 18.0 Å². The Morgan fingerprint density at radius 1 is 1.29 bits per heavy atom. The van der Waals surface area contributed by atoms with E-state index >= 15 is 0 Å². The molecule has 0 fully saturated rings. The van der Waals surface area contributed by atoms with E-state index in [0.29, 0.717) is 34.6 Å². The second kappa shape index (κ2) is 8.54. The van der Waals surface area contributed by atoms with Crippen molar-refractivity contribution in [3.8, 4) is 6.07 Å². The third-order valence-electron chi connectivity index (χ3n) is 4.32. The molecule has 0 saturated carbocycles. The molecule has 0 aliphatic carbocycles. The molecule has 8 nitrogen and oxygen atoms in total. The highest BCUT2D eigenvalue weighted by Gasteiger charge is 2.12. The van der Waals surface area contributed by atoms with Gasteiger partial charge in [-0.1, -0.05) is 0 Å². The number of anilines is 1. The van der Waals surface area contributed by atoms with E-state index in [4.69, 9.17) is 5.26 Å². The van der Waals surface area contributed by atoms with Crippen LogP contribution in [0.1, 0.15) is 18.9 Å². The number of hydrogen-bond donors (Lipinski definition) is 0. The van der Waals surface area contributed by atoms with Crippen molar-refractivity contribution in [3.05, 3.63) is 52.1 Å². The first kappa shape index (κ1) is 19.4. The second-order valence-electron chi connectivity index (χ2n) is 6.10. The number of fused-ring (bicyclic) bond motifs is 1. The average Bonchev–Trinajstić information content (AvgIpc) is 3.10. The minimum absolute atomic E-state index is 0.00158. The van der Waals surface area contributed by atoms with Gasteiger partial charge in [0.2, 0.25) is 0 Å². The van der Waals surface area contributed by atoms with Gasteiger partial charge in [-0.3, -0.25) is 10.1 Å². The molecule has 1 heterocycles. The topological polar surface area (TPSA) is 108 Å². The number of hydrogen-bond acceptors (Lipinski definition) is 8. The molecule has 9 heteroatoms. The van der Waals surface area contributed by atoms with Crippen molar-refractivity contribution < 1.29 is 4.92 Å². The number of rotatable bonds is 7. The quantitative estimate of drug-likeness (QED) is 0.291. The van der Waals surface area contributed by atoms with E-state index in [9.17, 15) is 10.1 Å². The average molecular weight is 394 g/mol. The van der Waals surface area contributed by atoms with Gasteiger partial charge < -0.3 is 4.90 Å². The van der Waals surface area contributed by atoms with Gasteiger partial charge in [-0.2, -0.15) is 9.64 Å². The van der Waals surface area contributed by atoms with Crippen LogP contribution in [-0.2, 0) is 0 Å². The number of nitrogens with zero attached hydrogens (tertiary/aromatic N) is 6. The number of aryl methyl sites for hydroxylation is 1. The van der Waals surface area contributed by atoms with Crippen molar-refractivity contribution in [2.45, 2.75) is 20.3 Å². The highest BCUT2D eigenvalue weighted by molar-refractivity contribution is 7.11. The molecule has 2 aromatic carbocycles. The van der Waals surface area contributed by atoms with Gasteiger partial charge in [-0.25, -0.2) is 0 Å². The highest BCUT2D eigenvalue weighted by Crippen LogP contribution is 2.35. The second-order valence-corrected chi connectivity index (χ2v) is 6.86. The Morgan fingerprint density at radius 2 is 2.11 bits per heavy atom. The van der Waals surface area contributed by atoms with Crippen LogP contribution >= 0.6 is 11.5 Å². The molecule has 0 aliphatic heterocycles. The molecule has 142 valence electrons. The molecule has 0 saturated heterocycles. The summed E-state index contributed by atoms with van der Waals surface area (Å²) in [5.74, 6) is 0. The summed E-state index contributed by atoms with van der Waals surface area (Å²) in [6, 6.07) is 12.5. The van der Waals surface area contributed by atoms with Crippen LogP contribution < -0.4 is 4.90 Å². The lowest BCUT2D eigenvalue weighted by Gasteiger charge is -2.22. The van der Waals surface area contributed by atoms with Crippen LogP contribution in [0.4, 0.5) is 22.1 Å². The van der Waals surface area contributed by atoms with E-state index < -0.39 is 4.92 Å². The first-order chi connectivity index (χ1) is 13.5. The van der Waals surface area contributed by atoms with Crippen LogP contribution in [0.3, 0.4) is 0 Å². The maximum absolute atomic E-state index is 11.0. The van der Waals surface area contributed by atoms with Gasteiger partial charge in [0.15, 0.2) is 5.00 Å². The fraction of sp³-hybridized carbons (Fsp3) is 0.263. The molecule has 1 aromatic heterocycles. The number of nitriles is 1. The number of aromatic nitrogens is 1. The van der Waals surface area contributed by atoms with E-state index in [2.05, 4.69) is 32.5 Å². The number of non-ortho nitro benzene ring substituents is 1. The summed E-state index contributed by atoms with van der Waals surface area (Å²) in [7, 11) is 0. The lowest BCUT2D eigenvalue weighted by molar-refractivity contribution is -0.384. The van der Waals surface area contributed by atoms with Crippen LogP contribution in [0, 0.1) is 28.4 Å². The third kappa shape index (κ3) is 4.13. The van der Waals surface area contributed by atoms with Crippen LogP contribution in [0.2, 0.25) is 0 Å². The van der Waals surface area contributed by atoms with E-state index in [1.807, 2.05) is 25.1 Å². The Kier molecular flexibility index (Phi) is 5.91. The molecule has 3 aromatic rings. The lowest BCUT2D eigenvalue weighted by atomic mass is 10.1. The summed E-state index contributed by atoms with van der Waals surface area (Å²) >= 11 is 1.16. The minimum atomic E-state index is -0.438. The number of nitro groups is 1. The zero-order valence-electron chi connectivity index (χ0n) is 15.5. The molecule has 0 bridgehead atoms. The Bertz CT molecular complexity index is 1090. The first-order valence-electron chi connectivity index (χ1n) is 8.71. The zero-order valence-corrected chi connectivity index (χ0v) is 16.3. The van der Waals surface area contributed by atoms with Crippen molar-refractivity contribution in [2.24, 2.45) is 10.2 Å². The SMILES string of the molecule is CCN(CCC#N)c1ccc(N=Nc2snc3ccc([N+](=O)[O-])cc23)c(C)c1. The third-order valence-corrected chi connectivity index (χ3v) is 5.08. The Balaban J connectivity index is 1.86. The standard InChI is InChI=1S/C19H18N6O2S/c1-3-24(10-4-9-20)14-5-7-17(13(2)11-14)21-22-19-16-12-15(25(26)27)6-8-18(16)23-28-19/h5-8,11-12H,3-4,10H2,1-2H3. The molecule has 0 radical (unpaired) electrons. The lowest BCUT2D eigenvalue weighted by Crippen LogP contribution is -2.23. The van der Waals surface area contributed by atoms with Gasteiger partial charge in [0.05, 0.1) is 28.6 Å². The van der Waals surface area contributed by atoms with Crippen molar-refractivity contribution >= 4 is 44.5 Å². The van der Waals surface area contributed by atoms with Crippen LogP contribution in [0.15, 0.2) is 46.6 Å². The van der Waals surface area contributed by atoms with E-state index in [-0.39, 0.29) is 5.69 Å². The van der Waals surface area contributed by atoms with E-state index in [1.165, 1.54) is 12.1 Å². The summed E-state index contributed by atoms with van der Waals surface area (Å²) in [6.07, 6.45) is 0.471. The molecule has 0 spiro atoms. The molecule has 3 rings (SSSR count). The van der Waals surface area contributed by atoms with Gasteiger partial charge in [-0.05, 0) is 55.2 Å². The minimum Gasteiger partial charge on any atom is -0.371 e. The summed E-state index contributed by atoms with van der Waals surface area (Å²) in [5, 5.41) is 29.5. The van der Waals surface area contributed by atoms with Crippen molar-refractivity contribution in [1.82, 2.24) is 4.37 Å². The first-order valence-corrected chi connectivity index (χ1v) is 9.49. The predicted octanol–water partition coefficient (Wildman–Crippen LogP) is 5.67. The number of nitro benzene ring substituents is 1. The summed E-state index contributed by atoms with van der Waals surface area (Å²) in [6.45, 7) is 5.49. The van der Waals surface area contributed by atoms with E-state index in [0.717, 1.165) is 29.3 Å². The van der Waals surface area contributed by atoms with Gasteiger partial charge in [0, 0.05) is 36.3 Å². The summed E-state index contributed by atoms with van der Waals surface area (Å²) in [4.78, 5) is 12.7. The maximum Gasteiger partial charge on any atom is 0.270 e. The van der Waals surface area contributed by atoms with Gasteiger partial charge in [-0.15, -0.1) is 10.2 Å². The van der Waals surface area contributed by atoms with Crippen molar-refractivity contribution in [1.29, 1.82) is 5.26 Å². The Morgan fingerprint density at radius 3 is 2.79 bits per heavy atom. The molecule has 0 aliphatic rings. The predicted molar refractivity (Wildman–Crippen MR) is 110 cm³/mol. The monoisotopic (exact) mass is 394 g/mol. The largest absolute Gasteiger partial charge is 0.371 e. The van der Waals surface area contributed by atoms with E-state index in [1.54, 1.807) is 6.07 Å². The molecule has 0 N–H and O–H groups in total. The zero-order chi connectivity index (χ0) is 20.1. The fourth-order valence-electron chi connectivity index (χ4n) is 2.80. The van der Waals surface area contributed by atoms with Crippen LogP contribution in [0.25, 0.3) is 10.9 Å². The smallest absolute Gasteiger partial charge is 0.270 e. The molecule has 0 amide bonds. The normalized spacial score (nSPS) is 11.0.